The van der Waals surface area contributed by atoms with Crippen molar-refractivity contribution in [2.45, 2.75) is 111 Å². The van der Waals surface area contributed by atoms with Gasteiger partial charge >= 0.3 is 23.9 Å². The molecule has 3 saturated heterocycles. The minimum atomic E-state index is -2.41. The van der Waals surface area contributed by atoms with Gasteiger partial charge in [-0.25, -0.2) is 19.2 Å². The van der Waals surface area contributed by atoms with E-state index in [-0.39, 0.29) is 0 Å². The van der Waals surface area contributed by atoms with Gasteiger partial charge in [0.25, 0.3) is 0 Å². The van der Waals surface area contributed by atoms with Crippen LogP contribution in [-0.4, -0.2) is 201 Å². The van der Waals surface area contributed by atoms with Gasteiger partial charge in [0.05, 0.1) is 0 Å². The highest BCUT2D eigenvalue weighted by molar-refractivity contribution is 5.84. The van der Waals surface area contributed by atoms with Crippen LogP contribution in [0.25, 0.3) is 0 Å². The van der Waals surface area contributed by atoms with Gasteiger partial charge in [-0.3, -0.25) is 0 Å². The summed E-state index contributed by atoms with van der Waals surface area (Å²) in [6, 6.07) is 0. The van der Waals surface area contributed by atoms with Crippen LogP contribution in [-0.2, 0) is 52.3 Å². The van der Waals surface area contributed by atoms with Crippen molar-refractivity contribution in [3.05, 3.63) is 11.8 Å². The first-order valence-electron chi connectivity index (χ1n) is 13.7. The number of rotatable bonds is 10. The standard InChI is InChI=1S/C24H32O24/c25-2-1-3(17(33)34)42-22(4(2)26)44-12-6(28)9(31)24(47-15(12)19(37)38)46-13-7(29)10(32)23(48-16(13)20(39)40)45-11-5(27)8(30)21(41)43-14(11)18(35)36/h1-2,4-16,21-32,41H,(H,33,34)(H,35,36)(H,37,38)(H,39,40)/t2-,4-,5+,6+,7+,8-,9-,10-,11-,12-,13-,14+,15-,16+,21+,22-,23+,24+/m0/s1. The van der Waals surface area contributed by atoms with Crippen LogP contribution in [0, 0.1) is 0 Å². The van der Waals surface area contributed by atoms with Gasteiger partial charge in [0.2, 0.25) is 12.0 Å². The number of hydrogen-bond donors (Lipinski definition) is 13. The number of hydrogen-bond acceptors (Lipinski definition) is 20. The number of aliphatic hydroxyl groups excluding tert-OH is 9. The molecule has 272 valence electrons. The maximum absolute atomic E-state index is 12.1. The molecule has 13 N–H and O–H groups in total. The summed E-state index contributed by atoms with van der Waals surface area (Å²) in [6.07, 6.45) is -39.8. The van der Waals surface area contributed by atoms with Crippen molar-refractivity contribution >= 4 is 23.9 Å². The predicted octanol–water partition coefficient (Wildman–Crippen LogP) is -8.23. The first kappa shape index (κ1) is 37.6. The van der Waals surface area contributed by atoms with E-state index in [9.17, 15) is 80.5 Å². The van der Waals surface area contributed by atoms with Crippen molar-refractivity contribution < 1.29 is 119 Å². The summed E-state index contributed by atoms with van der Waals surface area (Å²) in [5.74, 6) is -8.39. The van der Waals surface area contributed by atoms with Gasteiger partial charge in [0.15, 0.2) is 37.2 Å². The monoisotopic (exact) mass is 704 g/mol. The molecule has 0 aromatic heterocycles. The number of carboxylic acid groups (broad SMARTS) is 4. The largest absolute Gasteiger partial charge is 0.479 e. The highest BCUT2D eigenvalue weighted by Crippen LogP contribution is 2.34. The van der Waals surface area contributed by atoms with Crippen LogP contribution >= 0.6 is 0 Å². The predicted molar refractivity (Wildman–Crippen MR) is 134 cm³/mol. The minimum Gasteiger partial charge on any atom is -0.479 e. The fraction of sp³-hybridized carbons (Fsp3) is 0.750. The highest BCUT2D eigenvalue weighted by atomic mass is 16.8. The van der Waals surface area contributed by atoms with E-state index in [0.717, 1.165) is 0 Å². The average molecular weight is 704 g/mol. The first-order valence-corrected chi connectivity index (χ1v) is 13.7. The first-order chi connectivity index (χ1) is 22.3. The lowest BCUT2D eigenvalue weighted by molar-refractivity contribution is -0.373. The summed E-state index contributed by atoms with van der Waals surface area (Å²) >= 11 is 0. The van der Waals surface area contributed by atoms with E-state index in [4.69, 9.17) is 33.5 Å². The molecule has 0 amide bonds. The van der Waals surface area contributed by atoms with Gasteiger partial charge < -0.3 is 99.5 Å². The van der Waals surface area contributed by atoms with Crippen molar-refractivity contribution in [1.29, 1.82) is 0 Å². The molecule has 3 fully saturated rings. The summed E-state index contributed by atoms with van der Waals surface area (Å²) in [4.78, 5) is 47.0. The lowest BCUT2D eigenvalue weighted by Crippen LogP contribution is -2.68. The summed E-state index contributed by atoms with van der Waals surface area (Å²) in [5, 5.41) is 131. The Morgan fingerprint density at radius 3 is 1.27 bits per heavy atom. The van der Waals surface area contributed by atoms with E-state index in [1.54, 1.807) is 0 Å². The Balaban J connectivity index is 1.51. The molecule has 4 heterocycles. The summed E-state index contributed by atoms with van der Waals surface area (Å²) in [7, 11) is 0. The quantitative estimate of drug-likeness (QED) is 0.100. The highest BCUT2D eigenvalue weighted by Gasteiger charge is 2.57. The molecule has 0 aromatic rings. The zero-order valence-corrected chi connectivity index (χ0v) is 23.8. The van der Waals surface area contributed by atoms with E-state index in [1.807, 2.05) is 0 Å². The number of aliphatic hydroxyl groups is 9. The molecule has 0 aliphatic carbocycles. The maximum Gasteiger partial charge on any atom is 0.371 e. The van der Waals surface area contributed by atoms with E-state index >= 15 is 0 Å². The lowest BCUT2D eigenvalue weighted by Gasteiger charge is -2.47. The maximum atomic E-state index is 12.1. The van der Waals surface area contributed by atoms with Gasteiger partial charge in [-0.05, 0) is 6.08 Å². The van der Waals surface area contributed by atoms with E-state index in [0.29, 0.717) is 6.08 Å². The normalized spacial score (nSPS) is 46.6. The van der Waals surface area contributed by atoms with E-state index in [2.05, 4.69) is 4.74 Å². The topological polar surface area (TPSA) is 396 Å². The molecular weight excluding hydrogens is 672 g/mol. The average Bonchev–Trinajstić information content (AvgIpc) is 3.01. The van der Waals surface area contributed by atoms with E-state index in [1.165, 1.54) is 0 Å². The van der Waals surface area contributed by atoms with Crippen LogP contribution in [0.15, 0.2) is 11.8 Å². The summed E-state index contributed by atoms with van der Waals surface area (Å²) in [6.45, 7) is 0. The van der Waals surface area contributed by atoms with Gasteiger partial charge in [-0.15, -0.1) is 0 Å². The van der Waals surface area contributed by atoms with Gasteiger partial charge in [-0.1, -0.05) is 0 Å². The van der Waals surface area contributed by atoms with Crippen LogP contribution in [0.1, 0.15) is 0 Å². The molecule has 24 heteroatoms. The number of carbonyl (C=O) groups is 4. The van der Waals surface area contributed by atoms with Crippen molar-refractivity contribution in [1.82, 2.24) is 0 Å². The molecular formula is C24H32O24. The summed E-state index contributed by atoms with van der Waals surface area (Å²) in [5.41, 5.74) is 0. The third kappa shape index (κ3) is 7.37. The van der Waals surface area contributed by atoms with Gasteiger partial charge in [0, 0.05) is 0 Å². The molecule has 4 aliphatic rings. The van der Waals surface area contributed by atoms with Crippen molar-refractivity contribution in [2.75, 3.05) is 0 Å². The molecule has 24 nitrogen and oxygen atoms in total. The van der Waals surface area contributed by atoms with Gasteiger partial charge in [0.1, 0.15) is 67.1 Å². The van der Waals surface area contributed by atoms with Crippen LogP contribution < -0.4 is 0 Å². The van der Waals surface area contributed by atoms with Crippen LogP contribution in [0.4, 0.5) is 0 Å². The molecule has 4 aliphatic heterocycles. The number of aliphatic carboxylic acids is 4. The van der Waals surface area contributed by atoms with Crippen LogP contribution in [0.2, 0.25) is 0 Å². The molecule has 0 radical (unpaired) electrons. The smallest absolute Gasteiger partial charge is 0.371 e. The number of ether oxygens (including phenoxy) is 7. The Bertz CT molecular complexity index is 1240. The lowest BCUT2D eigenvalue weighted by atomic mass is 9.95. The molecule has 0 unspecified atom stereocenters. The second kappa shape index (κ2) is 14.7. The zero-order valence-electron chi connectivity index (χ0n) is 23.8. The Morgan fingerprint density at radius 1 is 0.500 bits per heavy atom. The molecule has 48 heavy (non-hydrogen) atoms. The third-order valence-electron chi connectivity index (χ3n) is 7.66. The summed E-state index contributed by atoms with van der Waals surface area (Å²) < 4.78 is 35.4. The second-order valence-corrected chi connectivity index (χ2v) is 10.9. The van der Waals surface area contributed by atoms with Crippen LogP contribution in [0.3, 0.4) is 0 Å². The Hall–Kier alpha value is -3.18. The fourth-order valence-electron chi connectivity index (χ4n) is 5.14. The Labute approximate surface area is 265 Å². The Morgan fingerprint density at radius 2 is 0.875 bits per heavy atom. The van der Waals surface area contributed by atoms with E-state index < -0.39 is 140 Å². The Kier molecular flexibility index (Phi) is 11.6. The molecule has 0 bridgehead atoms. The minimum absolute atomic E-state index is 0.595. The SMILES string of the molecule is O=C(O)C1=C[C@H](O)[C@H](O)[C@H](O[C@H]2[C@H](O)[C@H](O)[C@H](O[C@H]3[C@H](O)[C@H](O)[C@H](O[C@H]4[C@H](O)[C@H](O)[C@H](O)O[C@H]4C(=O)O)O[C@H]3C(=O)O)O[C@@H]2C(=O)O)O1. The second-order valence-electron chi connectivity index (χ2n) is 10.9. The number of carboxylic acids is 4. The molecule has 18 atom stereocenters. The van der Waals surface area contributed by atoms with Gasteiger partial charge in [-0.2, -0.15) is 0 Å². The molecule has 0 aromatic carbocycles. The molecule has 0 spiro atoms. The third-order valence-corrected chi connectivity index (χ3v) is 7.66. The van der Waals surface area contributed by atoms with Crippen LogP contribution in [0.5, 0.6) is 0 Å². The van der Waals surface area contributed by atoms with Crippen molar-refractivity contribution in [3.63, 3.8) is 0 Å². The zero-order chi connectivity index (χ0) is 35.9. The fourth-order valence-corrected chi connectivity index (χ4v) is 5.14. The van der Waals surface area contributed by atoms with Crippen molar-refractivity contribution in [3.8, 4) is 0 Å². The van der Waals surface area contributed by atoms with Crippen molar-refractivity contribution in [2.24, 2.45) is 0 Å². The molecule has 0 saturated carbocycles. The molecule has 4 rings (SSSR count).